The van der Waals surface area contributed by atoms with Crippen LogP contribution in [0.5, 0.6) is 0 Å². The number of hydrogen-bond acceptors (Lipinski definition) is 3. The maximum absolute atomic E-state index is 13.4. The van der Waals surface area contributed by atoms with Crippen molar-refractivity contribution in [3.05, 3.63) is 35.5 Å². The van der Waals surface area contributed by atoms with E-state index in [2.05, 4.69) is 34.6 Å². The predicted molar refractivity (Wildman–Crippen MR) is 97.2 cm³/mol. The van der Waals surface area contributed by atoms with Gasteiger partial charge in [0, 0.05) is 35.0 Å². The van der Waals surface area contributed by atoms with Gasteiger partial charge in [0.05, 0.1) is 5.69 Å². The zero-order valence-electron chi connectivity index (χ0n) is 14.2. The van der Waals surface area contributed by atoms with Gasteiger partial charge in [-0.25, -0.2) is 0 Å². The maximum Gasteiger partial charge on any atom is 0.240 e. The van der Waals surface area contributed by atoms with Gasteiger partial charge >= 0.3 is 0 Å². The molecule has 25 heavy (non-hydrogen) atoms. The second-order valence-corrected chi connectivity index (χ2v) is 9.10. The molecule has 4 nitrogen and oxygen atoms in total. The van der Waals surface area contributed by atoms with Crippen molar-refractivity contribution in [2.75, 3.05) is 6.54 Å². The molecule has 5 heteroatoms. The van der Waals surface area contributed by atoms with E-state index in [1.54, 1.807) is 0 Å². The fourth-order valence-corrected chi connectivity index (χ4v) is 7.98. The van der Waals surface area contributed by atoms with Crippen molar-refractivity contribution in [1.82, 2.24) is 9.47 Å². The lowest BCUT2D eigenvalue weighted by Crippen LogP contribution is -2.69. The molecule has 7 rings (SSSR count). The Morgan fingerprint density at radius 2 is 2.04 bits per heavy atom. The molecule has 1 spiro atoms. The van der Waals surface area contributed by atoms with Crippen LogP contribution >= 0.6 is 11.8 Å². The summed E-state index contributed by atoms with van der Waals surface area (Å²) in [5.74, 6) is -0.544. The molecule has 0 N–H and O–H groups in total. The van der Waals surface area contributed by atoms with Gasteiger partial charge in [0.1, 0.15) is 10.8 Å². The van der Waals surface area contributed by atoms with Crippen molar-refractivity contribution in [2.24, 2.45) is 5.41 Å². The zero-order chi connectivity index (χ0) is 17.0. The summed E-state index contributed by atoms with van der Waals surface area (Å²) in [6.45, 7) is 4.03. The Hall–Kier alpha value is -1.75. The van der Waals surface area contributed by atoms with Gasteiger partial charge in [0.2, 0.25) is 11.0 Å². The van der Waals surface area contributed by atoms with Crippen LogP contribution < -0.4 is 0 Å². The van der Waals surface area contributed by atoms with E-state index in [1.807, 2.05) is 6.07 Å². The van der Waals surface area contributed by atoms with Gasteiger partial charge in [-0.3, -0.25) is 9.59 Å². The van der Waals surface area contributed by atoms with Crippen molar-refractivity contribution in [3.63, 3.8) is 0 Å². The van der Waals surface area contributed by atoms with Crippen LogP contribution in [0.3, 0.4) is 0 Å². The number of aromatic nitrogens is 1. The number of thioether (sulfide) groups is 1. The second-order valence-electron chi connectivity index (χ2n) is 7.91. The highest BCUT2D eigenvalue weighted by atomic mass is 32.2. The Balaban J connectivity index is 1.83. The lowest BCUT2D eigenvalue weighted by molar-refractivity contribution is -0.154. The number of hydrogen-bond donors (Lipinski definition) is 0. The number of nitrogens with zero attached hydrogens (tertiary/aromatic N) is 2. The monoisotopic (exact) mass is 352 g/mol. The molecule has 1 aromatic carbocycles. The average molecular weight is 352 g/mol. The first-order chi connectivity index (χ1) is 12.1. The molecule has 2 aromatic rings. The van der Waals surface area contributed by atoms with Gasteiger partial charge in [-0.2, -0.15) is 0 Å². The molecule has 0 aliphatic carbocycles. The number of rotatable bonds is 1. The molecular formula is C20H20N2O2S. The number of benzene rings is 1. The SMILES string of the molecule is CC[C@]12CCCN3C(=O)[C@@H]4C(=O)S[C@@]31c1c4c3ccccc3n1CC2. The summed E-state index contributed by atoms with van der Waals surface area (Å²) in [4.78, 5) is 28.0. The standard InChI is InChI=1S/C20H20N2O2S/c1-2-19-8-5-10-22-17(23)15-14-12-6-3-4-7-13(12)21(11-9-19)16(14)20(19,22)25-18(15)24/h3-4,6-7,15H,2,5,8-11H2,1H3/t15-,19-,20-/m1/s1. The maximum atomic E-state index is 13.4. The van der Waals surface area contributed by atoms with Gasteiger partial charge in [-0.05, 0) is 31.7 Å². The van der Waals surface area contributed by atoms with Crippen molar-refractivity contribution >= 4 is 33.7 Å². The number of aryl methyl sites for hydroxylation is 1. The van der Waals surface area contributed by atoms with Crippen LogP contribution in [0.2, 0.25) is 0 Å². The minimum atomic E-state index is -0.598. The molecule has 6 heterocycles. The fraction of sp³-hybridized carbons (Fsp3) is 0.500. The molecule has 5 aliphatic rings. The number of para-hydroxylation sites is 1. The summed E-state index contributed by atoms with van der Waals surface area (Å²) in [7, 11) is 0. The van der Waals surface area contributed by atoms with Crippen LogP contribution in [0.4, 0.5) is 0 Å². The predicted octanol–water partition coefficient (Wildman–Crippen LogP) is 3.59. The van der Waals surface area contributed by atoms with Gasteiger partial charge in [-0.1, -0.05) is 36.9 Å². The molecule has 0 radical (unpaired) electrons. The molecule has 0 saturated carbocycles. The van der Waals surface area contributed by atoms with E-state index in [-0.39, 0.29) is 16.4 Å². The molecule has 3 atom stereocenters. The molecule has 1 aromatic heterocycles. The largest absolute Gasteiger partial charge is 0.341 e. The number of piperidine rings is 1. The summed E-state index contributed by atoms with van der Waals surface area (Å²) < 4.78 is 2.43. The minimum absolute atomic E-state index is 0.0196. The number of carbonyl (C=O) groups is 2. The molecule has 2 bridgehead atoms. The third-order valence-corrected chi connectivity index (χ3v) is 8.82. The van der Waals surface area contributed by atoms with E-state index in [9.17, 15) is 9.59 Å². The Labute approximate surface area is 150 Å². The first kappa shape index (κ1) is 14.4. The van der Waals surface area contributed by atoms with Crippen LogP contribution in [0.25, 0.3) is 10.9 Å². The van der Waals surface area contributed by atoms with Crippen LogP contribution in [0.1, 0.15) is 49.8 Å². The third-order valence-electron chi connectivity index (χ3n) is 7.24. The minimum Gasteiger partial charge on any atom is -0.341 e. The Morgan fingerprint density at radius 3 is 2.88 bits per heavy atom. The number of fused-ring (bicyclic) bond motifs is 3. The number of amides is 1. The highest BCUT2D eigenvalue weighted by Gasteiger charge is 2.71. The van der Waals surface area contributed by atoms with Gasteiger partial charge in [0.15, 0.2) is 0 Å². The third kappa shape index (κ3) is 1.32. The Kier molecular flexibility index (Phi) is 2.49. The van der Waals surface area contributed by atoms with Gasteiger partial charge in [-0.15, -0.1) is 0 Å². The molecule has 0 unspecified atom stereocenters. The van der Waals surface area contributed by atoms with E-state index in [1.165, 1.54) is 23.0 Å². The fourth-order valence-electron chi connectivity index (χ4n) is 6.18. The normalized spacial score (nSPS) is 35.4. The molecule has 128 valence electrons. The summed E-state index contributed by atoms with van der Waals surface area (Å²) in [5.41, 5.74) is 3.51. The van der Waals surface area contributed by atoms with E-state index >= 15 is 0 Å². The molecule has 2 fully saturated rings. The van der Waals surface area contributed by atoms with Gasteiger partial charge < -0.3 is 9.47 Å². The quantitative estimate of drug-likeness (QED) is 0.737. The van der Waals surface area contributed by atoms with Crippen molar-refractivity contribution in [1.29, 1.82) is 0 Å². The van der Waals surface area contributed by atoms with Crippen molar-refractivity contribution < 1.29 is 9.59 Å². The smallest absolute Gasteiger partial charge is 0.240 e. The second kappa shape index (κ2) is 4.32. The highest BCUT2D eigenvalue weighted by molar-refractivity contribution is 8.14. The van der Waals surface area contributed by atoms with Crippen molar-refractivity contribution in [3.8, 4) is 0 Å². The summed E-state index contributed by atoms with van der Waals surface area (Å²) in [6.07, 6.45) is 4.23. The zero-order valence-corrected chi connectivity index (χ0v) is 15.1. The molecular weight excluding hydrogens is 332 g/mol. The summed E-state index contributed by atoms with van der Waals surface area (Å²) >= 11 is 1.47. The van der Waals surface area contributed by atoms with E-state index in [4.69, 9.17) is 0 Å². The molecule has 1 amide bonds. The van der Waals surface area contributed by atoms with Gasteiger partial charge in [0.25, 0.3) is 0 Å². The summed E-state index contributed by atoms with van der Waals surface area (Å²) in [6, 6.07) is 8.33. The highest BCUT2D eigenvalue weighted by Crippen LogP contribution is 2.70. The van der Waals surface area contributed by atoms with Crippen LogP contribution in [0.15, 0.2) is 24.3 Å². The summed E-state index contributed by atoms with van der Waals surface area (Å²) in [5, 5.41) is 1.18. The first-order valence-corrected chi connectivity index (χ1v) is 10.1. The van der Waals surface area contributed by atoms with Crippen molar-refractivity contribution in [2.45, 2.75) is 49.9 Å². The van der Waals surface area contributed by atoms with Crippen LogP contribution in [0, 0.1) is 5.41 Å². The van der Waals surface area contributed by atoms with Crippen LogP contribution in [-0.4, -0.2) is 27.0 Å². The number of carbonyl (C=O) groups excluding carboxylic acids is 2. The van der Waals surface area contributed by atoms with E-state index < -0.39 is 10.8 Å². The lowest BCUT2D eigenvalue weighted by Gasteiger charge is -2.65. The Bertz CT molecular complexity index is 979. The van der Waals surface area contributed by atoms with Crippen LogP contribution in [-0.2, 0) is 21.0 Å². The first-order valence-electron chi connectivity index (χ1n) is 9.30. The lowest BCUT2D eigenvalue weighted by atomic mass is 9.62. The Morgan fingerprint density at radius 1 is 1.20 bits per heavy atom. The molecule has 2 saturated heterocycles. The van der Waals surface area contributed by atoms with E-state index in [0.717, 1.165) is 49.7 Å². The van der Waals surface area contributed by atoms with E-state index in [0.29, 0.717) is 0 Å². The molecule has 5 aliphatic heterocycles. The average Bonchev–Trinajstić information content (AvgIpc) is 2.97. The topological polar surface area (TPSA) is 42.3 Å².